The lowest BCUT2D eigenvalue weighted by Crippen LogP contribution is -2.09. The van der Waals surface area contributed by atoms with E-state index in [2.05, 4.69) is 5.11 Å². The maximum Gasteiger partial charge on any atom is 0.414 e. The summed E-state index contributed by atoms with van der Waals surface area (Å²) in [7, 11) is 0. The van der Waals surface area contributed by atoms with Crippen LogP contribution >= 0.6 is 0 Å². The molecule has 0 aliphatic rings. The summed E-state index contributed by atoms with van der Waals surface area (Å²) in [6, 6.07) is 0. The first-order valence-corrected chi connectivity index (χ1v) is 1.09. The Bertz CT molecular complexity index is 99.2. The van der Waals surface area contributed by atoms with Gasteiger partial charge in [0.1, 0.15) is 0 Å². The molecule has 0 rings (SSSR count). The average Bonchev–Trinajstić information content (AvgIpc) is 1.65. The van der Waals surface area contributed by atoms with Gasteiger partial charge in [-0.3, -0.25) is 0 Å². The lowest BCUT2D eigenvalue weighted by atomic mass is 10.7. The van der Waals surface area contributed by atoms with Crippen molar-refractivity contribution < 1.29 is 30.8 Å². The molecular weight excluding hydrogens is 120 g/mol. The fourth-order valence-corrected chi connectivity index (χ4v) is 0. The summed E-state index contributed by atoms with van der Waals surface area (Å²) in [5, 5.41) is 10.6. The van der Waals surface area contributed by atoms with Gasteiger partial charge in [0.2, 0.25) is 0 Å². The number of aliphatic carboxylic acids is 2. The van der Waals surface area contributed by atoms with Crippen LogP contribution in [0.4, 0.5) is 0 Å². The molecule has 0 spiro atoms. The maximum absolute atomic E-state index is 9.50. The van der Waals surface area contributed by atoms with Gasteiger partial charge in [0.05, 0.1) is 0 Å². The number of hydrogen-bond acceptors (Lipinski definition) is 3. The molecule has 0 heterocycles. The highest BCUT2D eigenvalue weighted by Crippen LogP contribution is 1.56. The van der Waals surface area contributed by atoms with E-state index in [1.165, 1.54) is 0 Å². The third kappa shape index (κ3) is 8.85. The Hall–Kier alpha value is -1.14. The van der Waals surface area contributed by atoms with Crippen molar-refractivity contribution in [2.75, 3.05) is 0 Å². The smallest absolute Gasteiger partial charge is 0.414 e. The molecule has 0 radical (unpaired) electrons. The second-order valence-electron chi connectivity index (χ2n) is 0.593. The van der Waals surface area contributed by atoms with Crippen molar-refractivity contribution in [1.29, 1.82) is 1.43 Å². The van der Waals surface area contributed by atoms with Gasteiger partial charge in [-0.1, -0.05) is 0 Å². The Balaban J connectivity index is -0.000000180. The molecule has 0 bridgehead atoms. The second-order valence-corrected chi connectivity index (χ2v) is 0.593. The quantitative estimate of drug-likeness (QED) is 0.347. The molecule has 6 N–H and O–H groups in total. The summed E-state index contributed by atoms with van der Waals surface area (Å²) in [4.78, 5) is 18.8. The molecule has 0 unspecified atom stereocenters. The first kappa shape index (κ1) is 9.97. The highest BCUT2D eigenvalue weighted by atomic mass is 16.4. The van der Waals surface area contributed by atoms with Crippen LogP contribution in [0.25, 0.3) is 1.43 Å². The van der Waals surface area contributed by atoms with Crippen LogP contribution in [0.2, 0.25) is 0 Å². The number of carboxylic acids is 2. The molecule has 0 amide bonds. The maximum atomic E-state index is 9.50. The minimum absolute atomic E-state index is 0. The van der Waals surface area contributed by atoms with Gasteiger partial charge < -0.3 is 21.2 Å². The van der Waals surface area contributed by atoms with Crippen LogP contribution < -0.4 is 0 Å². The van der Waals surface area contributed by atoms with Crippen molar-refractivity contribution in [2.45, 2.75) is 0 Å². The summed E-state index contributed by atoms with van der Waals surface area (Å²) in [5.41, 5.74) is 0. The van der Waals surface area contributed by atoms with Crippen molar-refractivity contribution in [1.82, 2.24) is 0 Å². The molecule has 0 aromatic rings. The first-order chi connectivity index (χ1) is 3.18. The molecule has 0 aliphatic heterocycles. The van der Waals surface area contributed by atoms with Crippen LogP contribution in [-0.2, 0) is 9.59 Å². The summed E-state index contributed by atoms with van der Waals surface area (Å²) in [5.74, 6) is -3.32. The van der Waals surface area contributed by atoms with E-state index in [1.54, 1.807) is 0 Å². The predicted molar refractivity (Wildman–Crippen MR) is 22.5 cm³/mol. The molecule has 6 nitrogen and oxygen atoms in total. The average molecular weight is 127 g/mol. The van der Waals surface area contributed by atoms with E-state index in [-0.39, 0.29) is 11.0 Å². The van der Waals surface area contributed by atoms with Gasteiger partial charge in [-0.25, -0.2) is 9.59 Å². The zero-order chi connectivity index (χ0) is 5.86. The van der Waals surface area contributed by atoms with Gasteiger partial charge in [-0.2, -0.15) is 0 Å². The molecule has 0 atom stereocenters. The Kier molecular flexibility index (Phi) is 7.31. The molecule has 8 heavy (non-hydrogen) atoms. The first-order valence-electron chi connectivity index (χ1n) is 1.49. The standard InChI is InChI=1S/C2H2O4.2H2O/c3-1(4)2(5)6;;/h(H,3,4)(H,5,6);2*1H2/i/hD. The molecule has 0 saturated heterocycles. The Morgan fingerprint density at radius 2 is 1.62 bits per heavy atom. The second kappa shape index (κ2) is 5.86. The van der Waals surface area contributed by atoms with Gasteiger partial charge in [0.15, 0.2) is 0 Å². The highest BCUT2D eigenvalue weighted by molar-refractivity contribution is 6.27. The summed E-state index contributed by atoms with van der Waals surface area (Å²) in [6.45, 7) is 0. The predicted octanol–water partition coefficient (Wildman–Crippen LogP) is -2.49. The zero-order valence-electron chi connectivity index (χ0n) is 4.67. The van der Waals surface area contributed by atoms with E-state index in [0.717, 1.165) is 0 Å². The van der Waals surface area contributed by atoms with Crippen molar-refractivity contribution >= 4 is 11.9 Å². The van der Waals surface area contributed by atoms with Crippen LogP contribution in [0.1, 0.15) is 0 Å². The van der Waals surface area contributed by atoms with Gasteiger partial charge in [-0.05, 0) is 0 Å². The van der Waals surface area contributed by atoms with Crippen LogP contribution in [0.5, 0.6) is 0 Å². The third-order valence-corrected chi connectivity index (χ3v) is 0.175. The van der Waals surface area contributed by atoms with Gasteiger partial charge in [0, 0.05) is 0 Å². The van der Waals surface area contributed by atoms with Gasteiger partial charge in [-0.15, -0.1) is 0 Å². The van der Waals surface area contributed by atoms with Crippen molar-refractivity contribution in [3.05, 3.63) is 0 Å². The van der Waals surface area contributed by atoms with Crippen molar-refractivity contribution in [3.8, 4) is 0 Å². The third-order valence-electron chi connectivity index (χ3n) is 0.175. The molecule has 0 aromatic carbocycles. The van der Waals surface area contributed by atoms with E-state index in [0.29, 0.717) is 0 Å². The van der Waals surface area contributed by atoms with E-state index in [4.69, 9.17) is 6.54 Å². The molecule has 0 fully saturated rings. The number of rotatable bonds is 0. The van der Waals surface area contributed by atoms with E-state index >= 15 is 0 Å². The normalized spacial score (nSPS) is 6.75. The topological polar surface area (TPSA) is 138 Å². The van der Waals surface area contributed by atoms with Crippen LogP contribution in [0.3, 0.4) is 0 Å². The Morgan fingerprint density at radius 1 is 1.25 bits per heavy atom. The van der Waals surface area contributed by atoms with Gasteiger partial charge >= 0.3 is 11.9 Å². The van der Waals surface area contributed by atoms with E-state index < -0.39 is 11.9 Å². The Labute approximate surface area is 45.5 Å². The number of carboxylic acid groups (broad SMARTS) is 2. The van der Waals surface area contributed by atoms with Gasteiger partial charge in [0.25, 0.3) is 1.43 Å². The molecule has 0 aliphatic carbocycles. The minimum Gasteiger partial charge on any atom is -0.473 e. The lowest BCUT2D eigenvalue weighted by molar-refractivity contribution is -0.159. The van der Waals surface area contributed by atoms with Crippen molar-refractivity contribution in [3.63, 3.8) is 0 Å². The molecular formula is C2H6O6. The van der Waals surface area contributed by atoms with Crippen LogP contribution in [0.15, 0.2) is 0 Å². The number of hydrogen-bond donors (Lipinski definition) is 2. The van der Waals surface area contributed by atoms with Crippen LogP contribution in [-0.4, -0.2) is 33.1 Å². The summed E-state index contributed by atoms with van der Waals surface area (Å²) >= 11 is 0. The van der Waals surface area contributed by atoms with Crippen LogP contribution in [0, 0.1) is 0 Å². The minimum atomic E-state index is -1.75. The summed E-state index contributed by atoms with van der Waals surface area (Å²) in [6.07, 6.45) is 0. The monoisotopic (exact) mass is 127 g/mol. The fraction of sp³-hybridized carbons (Fsp3) is 0. The fourth-order valence-electron chi connectivity index (χ4n) is 0. The molecule has 0 saturated carbocycles. The van der Waals surface area contributed by atoms with E-state index in [9.17, 15) is 9.59 Å². The molecule has 6 heteroatoms. The lowest BCUT2D eigenvalue weighted by Gasteiger charge is -1.72. The SMILES string of the molecule is O.O.[2H]OC(=O)C(=O)O. The molecule has 50 valence electrons. The Morgan fingerprint density at radius 3 is 1.62 bits per heavy atom. The largest absolute Gasteiger partial charge is 0.473 e. The van der Waals surface area contributed by atoms with E-state index in [1.807, 2.05) is 0 Å². The zero-order valence-corrected chi connectivity index (χ0v) is 3.67. The number of carbonyl (C=O) groups is 2. The van der Waals surface area contributed by atoms with Crippen molar-refractivity contribution in [2.24, 2.45) is 0 Å². The summed E-state index contributed by atoms with van der Waals surface area (Å²) < 4.78 is 5.71. The molecule has 0 aromatic heterocycles. The highest BCUT2D eigenvalue weighted by Gasteiger charge is 2.04.